The molecule has 2 saturated heterocycles. The van der Waals surface area contributed by atoms with Gasteiger partial charge in [0.15, 0.2) is 0 Å². The second kappa shape index (κ2) is 8.65. The van der Waals surface area contributed by atoms with Crippen molar-refractivity contribution in [2.75, 3.05) is 44.2 Å². The third kappa shape index (κ3) is 4.29. The van der Waals surface area contributed by atoms with Crippen LogP contribution in [0.15, 0.2) is 47.6 Å². The molecule has 1 aromatic carbocycles. The van der Waals surface area contributed by atoms with Crippen LogP contribution in [0.2, 0.25) is 0 Å². The van der Waals surface area contributed by atoms with Crippen LogP contribution in [-0.4, -0.2) is 72.8 Å². The van der Waals surface area contributed by atoms with E-state index in [1.54, 1.807) is 18.5 Å². The van der Waals surface area contributed by atoms with Crippen LogP contribution in [0.1, 0.15) is 12.8 Å². The Balaban J connectivity index is 1.31. The summed E-state index contributed by atoms with van der Waals surface area (Å²) >= 11 is 0. The zero-order chi connectivity index (χ0) is 21.1. The molecule has 0 atom stereocenters. The lowest BCUT2D eigenvalue weighted by Gasteiger charge is -2.38. The van der Waals surface area contributed by atoms with Crippen LogP contribution >= 0.6 is 0 Å². The van der Waals surface area contributed by atoms with Gasteiger partial charge in [0.25, 0.3) is 0 Å². The van der Waals surface area contributed by atoms with Gasteiger partial charge in [-0.2, -0.15) is 4.31 Å². The molecule has 4 rings (SSSR count). The van der Waals surface area contributed by atoms with Crippen molar-refractivity contribution in [2.24, 2.45) is 5.92 Å². The predicted molar refractivity (Wildman–Crippen MR) is 109 cm³/mol. The highest BCUT2D eigenvalue weighted by molar-refractivity contribution is 7.89. The molecule has 10 heteroatoms. The van der Waals surface area contributed by atoms with Gasteiger partial charge in [-0.3, -0.25) is 4.79 Å². The summed E-state index contributed by atoms with van der Waals surface area (Å²) in [5.74, 6) is 0.104. The Kier molecular flexibility index (Phi) is 5.96. The normalized spacial score (nSPS) is 19.1. The third-order valence-corrected chi connectivity index (χ3v) is 7.59. The minimum absolute atomic E-state index is 0.0768. The second-order valence-corrected chi connectivity index (χ2v) is 9.43. The maximum Gasteiger partial charge on any atom is 0.243 e. The summed E-state index contributed by atoms with van der Waals surface area (Å²) in [6.45, 7) is 3.12. The molecule has 30 heavy (non-hydrogen) atoms. The van der Waals surface area contributed by atoms with Gasteiger partial charge >= 0.3 is 0 Å². The van der Waals surface area contributed by atoms with E-state index in [4.69, 9.17) is 0 Å². The van der Waals surface area contributed by atoms with Crippen LogP contribution < -0.4 is 4.90 Å². The van der Waals surface area contributed by atoms with E-state index in [0.29, 0.717) is 45.0 Å². The van der Waals surface area contributed by atoms with Crippen molar-refractivity contribution >= 4 is 21.9 Å². The molecular weight excluding hydrogens is 409 g/mol. The van der Waals surface area contributed by atoms with E-state index < -0.39 is 15.8 Å². The minimum Gasteiger partial charge on any atom is -0.339 e. The Labute approximate surface area is 175 Å². The van der Waals surface area contributed by atoms with Crippen molar-refractivity contribution in [1.29, 1.82) is 0 Å². The fourth-order valence-corrected chi connectivity index (χ4v) is 5.41. The highest BCUT2D eigenvalue weighted by Gasteiger charge is 2.34. The topological polar surface area (TPSA) is 86.7 Å². The standard InChI is InChI=1S/C20H24FN5O3S/c21-17-2-4-18(5-3-17)30(28,29)26-10-6-16(7-11-26)19(27)24-12-14-25(15-13-24)20-22-8-1-9-23-20/h1-5,8-9,16H,6-7,10-15H2. The van der Waals surface area contributed by atoms with Gasteiger partial charge < -0.3 is 9.80 Å². The molecule has 0 N–H and O–H groups in total. The van der Waals surface area contributed by atoms with E-state index in [0.717, 1.165) is 12.1 Å². The molecule has 8 nitrogen and oxygen atoms in total. The average molecular weight is 434 g/mol. The van der Waals surface area contributed by atoms with E-state index in [9.17, 15) is 17.6 Å². The van der Waals surface area contributed by atoms with Crippen LogP contribution in [0.3, 0.4) is 0 Å². The summed E-state index contributed by atoms with van der Waals surface area (Å²) in [6.07, 6.45) is 4.38. The first-order chi connectivity index (χ1) is 14.4. The third-order valence-electron chi connectivity index (χ3n) is 5.68. The molecule has 1 amide bonds. The van der Waals surface area contributed by atoms with Gasteiger partial charge in [0.05, 0.1) is 4.90 Å². The summed E-state index contributed by atoms with van der Waals surface area (Å²) in [5.41, 5.74) is 0. The number of anilines is 1. The molecule has 2 fully saturated rings. The lowest BCUT2D eigenvalue weighted by atomic mass is 9.96. The number of aromatic nitrogens is 2. The number of carbonyl (C=O) groups is 1. The number of benzene rings is 1. The molecule has 0 radical (unpaired) electrons. The van der Waals surface area contributed by atoms with E-state index in [1.807, 2.05) is 4.90 Å². The number of hydrogen-bond acceptors (Lipinski definition) is 6. The molecule has 2 aliphatic rings. The fourth-order valence-electron chi connectivity index (χ4n) is 3.94. The summed E-state index contributed by atoms with van der Waals surface area (Å²) < 4.78 is 40.0. The van der Waals surface area contributed by atoms with E-state index in [-0.39, 0.29) is 29.8 Å². The second-order valence-electron chi connectivity index (χ2n) is 7.49. The highest BCUT2D eigenvalue weighted by atomic mass is 32.2. The van der Waals surface area contributed by atoms with Crippen molar-refractivity contribution < 1.29 is 17.6 Å². The van der Waals surface area contributed by atoms with Gasteiger partial charge in [-0.25, -0.2) is 22.8 Å². The fraction of sp³-hybridized carbons (Fsp3) is 0.450. The van der Waals surface area contributed by atoms with Crippen LogP contribution in [-0.2, 0) is 14.8 Å². The smallest absolute Gasteiger partial charge is 0.243 e. The number of rotatable bonds is 4. The number of carbonyl (C=O) groups excluding carboxylic acids is 1. The van der Waals surface area contributed by atoms with Gasteiger partial charge in [-0.15, -0.1) is 0 Å². The molecule has 2 aliphatic heterocycles. The van der Waals surface area contributed by atoms with Crippen molar-refractivity contribution in [3.8, 4) is 0 Å². The molecule has 0 unspecified atom stereocenters. The summed E-state index contributed by atoms with van der Waals surface area (Å²) in [7, 11) is -3.67. The minimum atomic E-state index is -3.67. The van der Waals surface area contributed by atoms with Crippen molar-refractivity contribution in [3.63, 3.8) is 0 Å². The van der Waals surface area contributed by atoms with E-state index in [2.05, 4.69) is 14.9 Å². The average Bonchev–Trinajstić information content (AvgIpc) is 2.80. The molecule has 0 bridgehead atoms. The number of sulfonamides is 1. The van der Waals surface area contributed by atoms with E-state index >= 15 is 0 Å². The van der Waals surface area contributed by atoms with Crippen molar-refractivity contribution in [2.45, 2.75) is 17.7 Å². The van der Waals surface area contributed by atoms with Gasteiger partial charge in [0.2, 0.25) is 21.9 Å². The van der Waals surface area contributed by atoms with Crippen molar-refractivity contribution in [3.05, 3.63) is 48.5 Å². The zero-order valence-electron chi connectivity index (χ0n) is 16.5. The lowest BCUT2D eigenvalue weighted by molar-refractivity contribution is -0.137. The van der Waals surface area contributed by atoms with Crippen LogP contribution in [0.25, 0.3) is 0 Å². The maximum absolute atomic E-state index is 13.1. The molecule has 1 aromatic heterocycles. The molecule has 2 aromatic rings. The molecule has 3 heterocycles. The van der Waals surface area contributed by atoms with Crippen LogP contribution in [0, 0.1) is 11.7 Å². The molecule has 160 valence electrons. The highest BCUT2D eigenvalue weighted by Crippen LogP contribution is 2.26. The number of piperidine rings is 1. The molecule has 0 spiro atoms. The van der Waals surface area contributed by atoms with Crippen LogP contribution in [0.5, 0.6) is 0 Å². The lowest BCUT2D eigenvalue weighted by Crippen LogP contribution is -2.52. The van der Waals surface area contributed by atoms with Gasteiger partial charge in [-0.1, -0.05) is 0 Å². The molecular formula is C20H24FN5O3S. The Morgan fingerprint density at radius 1 is 0.933 bits per heavy atom. The first-order valence-electron chi connectivity index (χ1n) is 10.0. The maximum atomic E-state index is 13.1. The predicted octanol–water partition coefficient (Wildman–Crippen LogP) is 1.37. The number of hydrogen-bond donors (Lipinski definition) is 0. The quantitative estimate of drug-likeness (QED) is 0.724. The van der Waals surface area contributed by atoms with Gasteiger partial charge in [-0.05, 0) is 43.2 Å². The molecule has 0 aliphatic carbocycles. The Morgan fingerprint density at radius 3 is 2.13 bits per heavy atom. The number of nitrogens with zero attached hydrogens (tertiary/aromatic N) is 5. The van der Waals surface area contributed by atoms with Gasteiger partial charge in [0, 0.05) is 57.6 Å². The number of amides is 1. The molecule has 0 saturated carbocycles. The SMILES string of the molecule is O=C(C1CCN(S(=O)(=O)c2ccc(F)cc2)CC1)N1CCN(c2ncccn2)CC1. The van der Waals surface area contributed by atoms with Crippen LogP contribution in [0.4, 0.5) is 10.3 Å². The summed E-state index contributed by atoms with van der Waals surface area (Å²) in [6, 6.07) is 6.61. The number of piperazine rings is 1. The van der Waals surface area contributed by atoms with Crippen molar-refractivity contribution in [1.82, 2.24) is 19.2 Å². The Morgan fingerprint density at radius 2 is 1.53 bits per heavy atom. The number of halogens is 1. The van der Waals surface area contributed by atoms with Gasteiger partial charge in [0.1, 0.15) is 5.82 Å². The first kappa shape index (κ1) is 20.7. The Hall–Kier alpha value is -2.59. The largest absolute Gasteiger partial charge is 0.339 e. The Bertz CT molecular complexity index is 971. The summed E-state index contributed by atoms with van der Waals surface area (Å²) in [5, 5.41) is 0. The summed E-state index contributed by atoms with van der Waals surface area (Å²) in [4.78, 5) is 25.4. The zero-order valence-corrected chi connectivity index (χ0v) is 17.3. The van der Waals surface area contributed by atoms with E-state index in [1.165, 1.54) is 16.4 Å². The monoisotopic (exact) mass is 433 g/mol. The first-order valence-corrected chi connectivity index (χ1v) is 11.5.